The molecule has 0 amide bonds. The minimum absolute atomic E-state index is 0.109. The molecule has 1 aromatic rings. The average Bonchev–Trinajstić information content (AvgIpc) is 2.04. The van der Waals surface area contributed by atoms with E-state index in [1.54, 1.807) is 6.92 Å². The van der Waals surface area contributed by atoms with E-state index in [0.29, 0.717) is 0 Å². The third kappa shape index (κ3) is 2.90. The molecule has 1 N–H and O–H groups in total. The number of hydrogen-bond donors (Lipinski definition) is 1. The molecule has 0 fully saturated rings. The van der Waals surface area contributed by atoms with Crippen LogP contribution in [0.4, 0.5) is 5.69 Å². The van der Waals surface area contributed by atoms with Crippen molar-refractivity contribution in [2.45, 2.75) is 26.8 Å². The predicted molar refractivity (Wildman–Crippen MR) is 54.9 cm³/mol. The molecule has 70 valence electrons. The fourth-order valence-electron chi connectivity index (χ4n) is 1.09. The summed E-state index contributed by atoms with van der Waals surface area (Å²) >= 11 is 0. The van der Waals surface area contributed by atoms with Crippen LogP contribution in [-0.4, -0.2) is 11.8 Å². The highest BCUT2D eigenvalue weighted by Crippen LogP contribution is 2.10. The minimum atomic E-state index is -0.109. The Kier molecular flexibility index (Phi) is 3.07. The zero-order valence-electron chi connectivity index (χ0n) is 8.29. The van der Waals surface area contributed by atoms with E-state index in [4.69, 9.17) is 0 Å². The molecule has 0 heterocycles. The first-order chi connectivity index (χ1) is 6.09. The van der Waals surface area contributed by atoms with Gasteiger partial charge in [0.1, 0.15) is 0 Å². The molecule has 0 aromatic heterocycles. The summed E-state index contributed by atoms with van der Waals surface area (Å²) in [5.41, 5.74) is 2.20. The average molecular weight is 177 g/mol. The SMILES string of the molecule is CC(=O)C(C)Nc1cccc(C)c1. The Labute approximate surface area is 79.0 Å². The van der Waals surface area contributed by atoms with Crippen LogP contribution in [0.5, 0.6) is 0 Å². The van der Waals surface area contributed by atoms with Crippen molar-refractivity contribution in [2.75, 3.05) is 5.32 Å². The van der Waals surface area contributed by atoms with E-state index in [-0.39, 0.29) is 11.8 Å². The summed E-state index contributed by atoms with van der Waals surface area (Å²) in [6.45, 7) is 5.49. The van der Waals surface area contributed by atoms with Gasteiger partial charge in [-0.2, -0.15) is 0 Å². The van der Waals surface area contributed by atoms with Gasteiger partial charge in [0.25, 0.3) is 0 Å². The van der Waals surface area contributed by atoms with Crippen molar-refractivity contribution in [3.05, 3.63) is 29.8 Å². The van der Waals surface area contributed by atoms with Crippen molar-refractivity contribution in [1.82, 2.24) is 0 Å². The third-order valence-corrected chi connectivity index (χ3v) is 2.01. The largest absolute Gasteiger partial charge is 0.376 e. The Bertz CT molecular complexity index is 307. The summed E-state index contributed by atoms with van der Waals surface area (Å²) in [6.07, 6.45) is 0. The quantitative estimate of drug-likeness (QED) is 0.768. The maximum Gasteiger partial charge on any atom is 0.151 e. The molecule has 0 spiro atoms. The molecule has 0 radical (unpaired) electrons. The van der Waals surface area contributed by atoms with Gasteiger partial charge < -0.3 is 5.32 Å². The molecule has 0 aliphatic heterocycles. The number of rotatable bonds is 3. The molecule has 1 aromatic carbocycles. The monoisotopic (exact) mass is 177 g/mol. The van der Waals surface area contributed by atoms with Gasteiger partial charge in [0.15, 0.2) is 5.78 Å². The fourth-order valence-corrected chi connectivity index (χ4v) is 1.09. The molecular formula is C11H15NO. The highest BCUT2D eigenvalue weighted by atomic mass is 16.1. The minimum Gasteiger partial charge on any atom is -0.376 e. The number of benzene rings is 1. The lowest BCUT2D eigenvalue weighted by atomic mass is 10.2. The predicted octanol–water partition coefficient (Wildman–Crippen LogP) is 2.38. The smallest absolute Gasteiger partial charge is 0.151 e. The van der Waals surface area contributed by atoms with E-state index in [9.17, 15) is 4.79 Å². The molecule has 1 rings (SSSR count). The Morgan fingerprint density at radius 3 is 2.69 bits per heavy atom. The number of ketones is 1. The summed E-state index contributed by atoms with van der Waals surface area (Å²) < 4.78 is 0. The molecule has 1 unspecified atom stereocenters. The van der Waals surface area contributed by atoms with Crippen LogP contribution < -0.4 is 5.32 Å². The van der Waals surface area contributed by atoms with Crippen LogP contribution in [0.2, 0.25) is 0 Å². The van der Waals surface area contributed by atoms with Crippen molar-refractivity contribution in [2.24, 2.45) is 0 Å². The van der Waals surface area contributed by atoms with Crippen molar-refractivity contribution in [3.63, 3.8) is 0 Å². The first-order valence-electron chi connectivity index (χ1n) is 4.43. The lowest BCUT2D eigenvalue weighted by Gasteiger charge is -2.11. The van der Waals surface area contributed by atoms with E-state index in [1.807, 2.05) is 38.1 Å². The number of carbonyl (C=O) groups is 1. The van der Waals surface area contributed by atoms with Crippen LogP contribution in [0, 0.1) is 6.92 Å². The van der Waals surface area contributed by atoms with Crippen LogP contribution in [0.15, 0.2) is 24.3 Å². The second-order valence-electron chi connectivity index (χ2n) is 3.35. The van der Waals surface area contributed by atoms with E-state index in [0.717, 1.165) is 5.69 Å². The lowest BCUT2D eigenvalue weighted by molar-refractivity contribution is -0.117. The number of carbonyl (C=O) groups excluding carboxylic acids is 1. The molecule has 13 heavy (non-hydrogen) atoms. The van der Waals surface area contributed by atoms with Gasteiger partial charge in [-0.3, -0.25) is 4.79 Å². The zero-order chi connectivity index (χ0) is 9.84. The molecule has 0 saturated carbocycles. The Morgan fingerprint density at radius 1 is 1.46 bits per heavy atom. The van der Waals surface area contributed by atoms with Gasteiger partial charge >= 0.3 is 0 Å². The van der Waals surface area contributed by atoms with Gasteiger partial charge in [-0.1, -0.05) is 12.1 Å². The van der Waals surface area contributed by atoms with Gasteiger partial charge in [0, 0.05) is 5.69 Å². The second kappa shape index (κ2) is 4.08. The summed E-state index contributed by atoms with van der Waals surface area (Å²) in [7, 11) is 0. The molecule has 2 heteroatoms. The second-order valence-corrected chi connectivity index (χ2v) is 3.35. The third-order valence-electron chi connectivity index (χ3n) is 2.01. The molecule has 0 aliphatic carbocycles. The summed E-state index contributed by atoms with van der Waals surface area (Å²) in [5, 5.41) is 3.13. The van der Waals surface area contributed by atoms with Crippen molar-refractivity contribution in [1.29, 1.82) is 0 Å². The molecule has 1 atom stereocenters. The summed E-state index contributed by atoms with van der Waals surface area (Å²) in [6, 6.07) is 7.89. The summed E-state index contributed by atoms with van der Waals surface area (Å²) in [4.78, 5) is 11.0. The van der Waals surface area contributed by atoms with Crippen LogP contribution in [0.25, 0.3) is 0 Å². The van der Waals surface area contributed by atoms with E-state index < -0.39 is 0 Å². The van der Waals surface area contributed by atoms with Gasteiger partial charge in [-0.05, 0) is 38.5 Å². The Balaban J connectivity index is 2.69. The van der Waals surface area contributed by atoms with Gasteiger partial charge in [-0.15, -0.1) is 0 Å². The maximum absolute atomic E-state index is 11.0. The van der Waals surface area contributed by atoms with Crippen LogP contribution in [0.3, 0.4) is 0 Å². The lowest BCUT2D eigenvalue weighted by Crippen LogP contribution is -2.23. The topological polar surface area (TPSA) is 29.1 Å². The highest BCUT2D eigenvalue weighted by Gasteiger charge is 2.05. The maximum atomic E-state index is 11.0. The van der Waals surface area contributed by atoms with Gasteiger partial charge in [0.2, 0.25) is 0 Å². The van der Waals surface area contributed by atoms with Crippen molar-refractivity contribution in [3.8, 4) is 0 Å². The highest BCUT2D eigenvalue weighted by molar-refractivity contribution is 5.83. The molecule has 2 nitrogen and oxygen atoms in total. The van der Waals surface area contributed by atoms with E-state index >= 15 is 0 Å². The fraction of sp³-hybridized carbons (Fsp3) is 0.364. The molecule has 0 aliphatic rings. The number of Topliss-reactive ketones (excluding diaryl/α,β-unsaturated/α-hetero) is 1. The van der Waals surface area contributed by atoms with Crippen molar-refractivity contribution >= 4 is 11.5 Å². The van der Waals surface area contributed by atoms with Crippen LogP contribution in [0.1, 0.15) is 19.4 Å². The number of hydrogen-bond acceptors (Lipinski definition) is 2. The molecule has 0 saturated heterocycles. The standard InChI is InChI=1S/C11H15NO/c1-8-5-4-6-11(7-8)12-9(2)10(3)13/h4-7,9,12H,1-3H3. The van der Waals surface area contributed by atoms with Crippen LogP contribution >= 0.6 is 0 Å². The first-order valence-corrected chi connectivity index (χ1v) is 4.43. The van der Waals surface area contributed by atoms with Crippen molar-refractivity contribution < 1.29 is 4.79 Å². The van der Waals surface area contributed by atoms with E-state index in [1.165, 1.54) is 5.56 Å². The zero-order valence-corrected chi connectivity index (χ0v) is 8.29. The first kappa shape index (κ1) is 9.78. The number of anilines is 1. The number of aryl methyl sites for hydroxylation is 1. The Hall–Kier alpha value is -1.31. The van der Waals surface area contributed by atoms with Gasteiger partial charge in [0.05, 0.1) is 6.04 Å². The Morgan fingerprint density at radius 2 is 2.15 bits per heavy atom. The normalized spacial score (nSPS) is 12.2. The van der Waals surface area contributed by atoms with Gasteiger partial charge in [-0.25, -0.2) is 0 Å². The molecule has 0 bridgehead atoms. The number of nitrogens with one attached hydrogen (secondary N) is 1. The van der Waals surface area contributed by atoms with Crippen LogP contribution in [-0.2, 0) is 4.79 Å². The summed E-state index contributed by atoms with van der Waals surface area (Å²) in [5.74, 6) is 0.154. The van der Waals surface area contributed by atoms with E-state index in [2.05, 4.69) is 5.32 Å². The molecular weight excluding hydrogens is 162 g/mol.